The topological polar surface area (TPSA) is 51.8 Å². The average molecular weight is 233 g/mol. The number of hydrogen-bond acceptors (Lipinski definition) is 4. The van der Waals surface area contributed by atoms with Crippen molar-refractivity contribution in [3.63, 3.8) is 0 Å². The molecular formula is C12H15N3S. The van der Waals surface area contributed by atoms with Crippen LogP contribution in [0.5, 0.6) is 0 Å². The van der Waals surface area contributed by atoms with Gasteiger partial charge in [0.1, 0.15) is 5.82 Å². The van der Waals surface area contributed by atoms with Gasteiger partial charge in [-0.05, 0) is 47.7 Å². The number of nitrogens with two attached hydrogens (primary N) is 1. The molecule has 0 aliphatic rings. The van der Waals surface area contributed by atoms with Gasteiger partial charge in [0.25, 0.3) is 0 Å². The lowest BCUT2D eigenvalue weighted by Crippen LogP contribution is -2.14. The van der Waals surface area contributed by atoms with Gasteiger partial charge in [-0.2, -0.15) is 11.3 Å². The smallest absolute Gasteiger partial charge is 0.144 e. The molecule has 4 heteroatoms. The van der Waals surface area contributed by atoms with Crippen molar-refractivity contribution in [2.24, 2.45) is 5.73 Å². The van der Waals surface area contributed by atoms with E-state index in [1.807, 2.05) is 19.3 Å². The van der Waals surface area contributed by atoms with Crippen LogP contribution in [0, 0.1) is 6.92 Å². The van der Waals surface area contributed by atoms with Gasteiger partial charge in [-0.25, -0.2) is 9.97 Å². The fraction of sp³-hybridized carbons (Fsp3) is 0.333. The van der Waals surface area contributed by atoms with Crippen molar-refractivity contribution >= 4 is 11.3 Å². The lowest BCUT2D eigenvalue weighted by Gasteiger charge is -2.09. The summed E-state index contributed by atoms with van der Waals surface area (Å²) in [6.07, 6.45) is 5.50. The quantitative estimate of drug-likeness (QED) is 0.882. The van der Waals surface area contributed by atoms with E-state index in [0.29, 0.717) is 0 Å². The summed E-state index contributed by atoms with van der Waals surface area (Å²) in [5, 5.41) is 4.24. The molecule has 0 amide bonds. The second-order valence-corrected chi connectivity index (χ2v) is 4.68. The maximum absolute atomic E-state index is 6.04. The number of aryl methyl sites for hydroxylation is 2. The molecule has 2 heterocycles. The SMILES string of the molecule is Cc1cnc(C(N)CCc2ccsc2)nc1. The van der Waals surface area contributed by atoms with Crippen LogP contribution in [0.3, 0.4) is 0 Å². The van der Waals surface area contributed by atoms with Gasteiger partial charge in [0, 0.05) is 12.4 Å². The third-order valence-corrected chi connectivity index (χ3v) is 3.19. The van der Waals surface area contributed by atoms with E-state index in [9.17, 15) is 0 Å². The number of thiophene rings is 1. The van der Waals surface area contributed by atoms with E-state index in [0.717, 1.165) is 24.2 Å². The lowest BCUT2D eigenvalue weighted by molar-refractivity contribution is 0.611. The van der Waals surface area contributed by atoms with Gasteiger partial charge in [-0.1, -0.05) is 0 Å². The molecule has 2 aromatic rings. The zero-order valence-corrected chi connectivity index (χ0v) is 10.1. The van der Waals surface area contributed by atoms with Gasteiger partial charge < -0.3 is 5.73 Å². The van der Waals surface area contributed by atoms with Crippen LogP contribution in [-0.2, 0) is 6.42 Å². The Hall–Kier alpha value is -1.26. The second-order valence-electron chi connectivity index (χ2n) is 3.90. The molecule has 0 aliphatic carbocycles. The minimum absolute atomic E-state index is 0.0690. The van der Waals surface area contributed by atoms with Crippen LogP contribution in [0.25, 0.3) is 0 Å². The normalized spacial score (nSPS) is 12.6. The summed E-state index contributed by atoms with van der Waals surface area (Å²) in [5.41, 5.74) is 8.44. The molecule has 1 unspecified atom stereocenters. The highest BCUT2D eigenvalue weighted by Crippen LogP contribution is 2.15. The summed E-state index contributed by atoms with van der Waals surface area (Å²) >= 11 is 1.72. The number of rotatable bonds is 4. The van der Waals surface area contributed by atoms with Gasteiger partial charge in [-0.15, -0.1) is 0 Å². The van der Waals surface area contributed by atoms with Gasteiger partial charge in [0.05, 0.1) is 6.04 Å². The Morgan fingerprint density at radius 2 is 2.12 bits per heavy atom. The first-order chi connectivity index (χ1) is 7.75. The van der Waals surface area contributed by atoms with Crippen molar-refractivity contribution in [3.8, 4) is 0 Å². The Balaban J connectivity index is 1.93. The molecule has 0 saturated carbocycles. The van der Waals surface area contributed by atoms with Crippen molar-refractivity contribution in [2.75, 3.05) is 0 Å². The third-order valence-electron chi connectivity index (χ3n) is 2.46. The van der Waals surface area contributed by atoms with Crippen LogP contribution in [0.15, 0.2) is 29.2 Å². The first-order valence-electron chi connectivity index (χ1n) is 5.31. The van der Waals surface area contributed by atoms with Crippen molar-refractivity contribution in [1.29, 1.82) is 0 Å². The molecular weight excluding hydrogens is 218 g/mol. The highest BCUT2D eigenvalue weighted by molar-refractivity contribution is 7.07. The maximum atomic E-state index is 6.04. The molecule has 0 aliphatic heterocycles. The Bertz CT molecular complexity index is 422. The molecule has 2 N–H and O–H groups in total. The summed E-state index contributed by atoms with van der Waals surface area (Å²) in [4.78, 5) is 8.49. The Labute approximate surface area is 99.4 Å². The van der Waals surface area contributed by atoms with Crippen molar-refractivity contribution in [1.82, 2.24) is 9.97 Å². The zero-order valence-electron chi connectivity index (χ0n) is 9.26. The molecule has 84 valence electrons. The Morgan fingerprint density at radius 1 is 1.38 bits per heavy atom. The third kappa shape index (κ3) is 2.87. The summed E-state index contributed by atoms with van der Waals surface area (Å²) in [6, 6.07) is 2.06. The van der Waals surface area contributed by atoms with E-state index >= 15 is 0 Å². The second kappa shape index (κ2) is 5.18. The predicted octanol–water partition coefficient (Wildman–Crippen LogP) is 2.48. The largest absolute Gasteiger partial charge is 0.321 e. The van der Waals surface area contributed by atoms with Crippen molar-refractivity contribution in [3.05, 3.63) is 46.2 Å². The van der Waals surface area contributed by atoms with E-state index in [1.54, 1.807) is 11.3 Å². The van der Waals surface area contributed by atoms with Crippen molar-refractivity contribution < 1.29 is 0 Å². The molecule has 0 aromatic carbocycles. The van der Waals surface area contributed by atoms with E-state index in [4.69, 9.17) is 5.73 Å². The van der Waals surface area contributed by atoms with Gasteiger partial charge in [0.15, 0.2) is 0 Å². The fourth-order valence-corrected chi connectivity index (χ4v) is 2.18. The van der Waals surface area contributed by atoms with Crippen LogP contribution in [0.4, 0.5) is 0 Å². The van der Waals surface area contributed by atoms with Crippen LogP contribution in [0.2, 0.25) is 0 Å². The van der Waals surface area contributed by atoms with Crippen LogP contribution < -0.4 is 5.73 Å². The standard InChI is InChI=1S/C12H15N3S/c1-9-6-14-12(15-7-9)11(13)3-2-10-4-5-16-8-10/h4-8,11H,2-3,13H2,1H3. The molecule has 0 saturated heterocycles. The molecule has 2 aromatic heterocycles. The van der Waals surface area contributed by atoms with Crippen LogP contribution >= 0.6 is 11.3 Å². The first-order valence-corrected chi connectivity index (χ1v) is 6.25. The molecule has 16 heavy (non-hydrogen) atoms. The molecule has 0 spiro atoms. The highest BCUT2D eigenvalue weighted by Gasteiger charge is 2.08. The zero-order chi connectivity index (χ0) is 11.4. The fourth-order valence-electron chi connectivity index (χ4n) is 1.48. The van der Waals surface area contributed by atoms with Gasteiger partial charge in [-0.3, -0.25) is 0 Å². The van der Waals surface area contributed by atoms with Gasteiger partial charge in [0.2, 0.25) is 0 Å². The lowest BCUT2D eigenvalue weighted by atomic mass is 10.1. The van der Waals surface area contributed by atoms with Crippen LogP contribution in [-0.4, -0.2) is 9.97 Å². The Kier molecular flexibility index (Phi) is 3.64. The predicted molar refractivity (Wildman–Crippen MR) is 66.3 cm³/mol. The molecule has 1 atom stereocenters. The summed E-state index contributed by atoms with van der Waals surface area (Å²) in [7, 11) is 0. The minimum atomic E-state index is -0.0690. The van der Waals surface area contributed by atoms with E-state index in [-0.39, 0.29) is 6.04 Å². The minimum Gasteiger partial charge on any atom is -0.321 e. The summed E-state index contributed by atoms with van der Waals surface area (Å²) in [5.74, 6) is 0.737. The maximum Gasteiger partial charge on any atom is 0.144 e. The van der Waals surface area contributed by atoms with E-state index in [2.05, 4.69) is 26.8 Å². The Morgan fingerprint density at radius 3 is 2.75 bits per heavy atom. The van der Waals surface area contributed by atoms with E-state index < -0.39 is 0 Å². The average Bonchev–Trinajstić information content (AvgIpc) is 2.80. The summed E-state index contributed by atoms with van der Waals surface area (Å²) in [6.45, 7) is 1.97. The monoisotopic (exact) mass is 233 g/mol. The number of aromatic nitrogens is 2. The molecule has 0 fully saturated rings. The first kappa shape index (κ1) is 11.2. The number of hydrogen-bond donors (Lipinski definition) is 1. The molecule has 0 radical (unpaired) electrons. The van der Waals surface area contributed by atoms with E-state index in [1.165, 1.54) is 5.56 Å². The molecule has 2 rings (SSSR count). The molecule has 3 nitrogen and oxygen atoms in total. The summed E-state index contributed by atoms with van der Waals surface area (Å²) < 4.78 is 0. The van der Waals surface area contributed by atoms with Gasteiger partial charge >= 0.3 is 0 Å². The highest BCUT2D eigenvalue weighted by atomic mass is 32.1. The number of nitrogens with zero attached hydrogens (tertiary/aromatic N) is 2. The van der Waals surface area contributed by atoms with Crippen molar-refractivity contribution in [2.45, 2.75) is 25.8 Å². The van der Waals surface area contributed by atoms with Crippen LogP contribution in [0.1, 0.15) is 29.4 Å². The molecule has 0 bridgehead atoms.